The molecule has 0 fully saturated rings. The molecule has 0 atom stereocenters. The van der Waals surface area contributed by atoms with Gasteiger partial charge < -0.3 is 15.0 Å². The van der Waals surface area contributed by atoms with E-state index in [0.717, 1.165) is 11.3 Å². The van der Waals surface area contributed by atoms with E-state index >= 15 is 0 Å². The van der Waals surface area contributed by atoms with E-state index < -0.39 is 0 Å². The minimum atomic E-state index is -0.269. The van der Waals surface area contributed by atoms with Gasteiger partial charge in [0.25, 0.3) is 0 Å². The molecule has 0 aliphatic rings. The minimum absolute atomic E-state index is 0.269. The van der Waals surface area contributed by atoms with Crippen molar-refractivity contribution in [2.24, 2.45) is 0 Å². The van der Waals surface area contributed by atoms with Crippen LogP contribution in [0.1, 0.15) is 11.3 Å². The van der Waals surface area contributed by atoms with Crippen molar-refractivity contribution in [1.29, 1.82) is 0 Å². The summed E-state index contributed by atoms with van der Waals surface area (Å²) in [5.74, 6) is 1.09. The molecule has 0 aliphatic carbocycles. The summed E-state index contributed by atoms with van der Waals surface area (Å²) >= 11 is 0. The highest BCUT2D eigenvalue weighted by atomic mass is 19.1. The number of nitrogens with zero attached hydrogens (tertiary/aromatic N) is 1. The molecule has 2 N–H and O–H groups in total. The first-order valence-corrected chi connectivity index (χ1v) is 5.27. The lowest BCUT2D eigenvalue weighted by molar-refractivity contribution is 0.409. The maximum atomic E-state index is 13.2. The molecule has 17 heavy (non-hydrogen) atoms. The summed E-state index contributed by atoms with van der Waals surface area (Å²) in [6.45, 7) is 0. The summed E-state index contributed by atoms with van der Waals surface area (Å²) in [6, 6.07) is 4.48. The normalized spacial score (nSPS) is 10.3. The molecule has 0 radical (unpaired) electrons. The number of anilines is 1. The van der Waals surface area contributed by atoms with Crippen molar-refractivity contribution < 1.29 is 9.13 Å². The molecule has 5 heteroatoms. The van der Waals surface area contributed by atoms with E-state index in [-0.39, 0.29) is 5.82 Å². The Bertz CT molecular complexity index is 510. The number of methoxy groups -OCH3 is 1. The first-order valence-electron chi connectivity index (χ1n) is 5.27. The second-order valence-corrected chi connectivity index (χ2v) is 3.64. The largest absolute Gasteiger partial charge is 0.496 e. The monoisotopic (exact) mass is 235 g/mol. The quantitative estimate of drug-likeness (QED) is 0.854. The van der Waals surface area contributed by atoms with E-state index in [2.05, 4.69) is 15.3 Å². The second-order valence-electron chi connectivity index (χ2n) is 3.64. The third-order valence-corrected chi connectivity index (χ3v) is 2.49. The van der Waals surface area contributed by atoms with Crippen molar-refractivity contribution in [3.05, 3.63) is 41.5 Å². The molecular weight excluding hydrogens is 221 g/mol. The van der Waals surface area contributed by atoms with Gasteiger partial charge in [-0.15, -0.1) is 0 Å². The van der Waals surface area contributed by atoms with Crippen molar-refractivity contribution in [2.45, 2.75) is 6.42 Å². The molecule has 0 spiro atoms. The highest BCUT2D eigenvalue weighted by molar-refractivity contribution is 5.37. The van der Waals surface area contributed by atoms with Crippen molar-refractivity contribution in [1.82, 2.24) is 9.97 Å². The molecule has 0 amide bonds. The molecule has 4 nitrogen and oxygen atoms in total. The summed E-state index contributed by atoms with van der Waals surface area (Å²) < 4.78 is 18.4. The zero-order chi connectivity index (χ0) is 12.3. The van der Waals surface area contributed by atoms with Crippen LogP contribution in [0.2, 0.25) is 0 Å². The number of ether oxygens (including phenoxy) is 1. The van der Waals surface area contributed by atoms with Gasteiger partial charge in [-0.1, -0.05) is 0 Å². The molecule has 2 aromatic rings. The maximum Gasteiger partial charge on any atom is 0.200 e. The second kappa shape index (κ2) is 4.86. The zero-order valence-corrected chi connectivity index (χ0v) is 9.75. The van der Waals surface area contributed by atoms with Gasteiger partial charge in [0.15, 0.2) is 5.95 Å². The third kappa shape index (κ3) is 2.55. The van der Waals surface area contributed by atoms with Crippen LogP contribution in [0, 0.1) is 5.82 Å². The van der Waals surface area contributed by atoms with Crippen molar-refractivity contribution >= 4 is 5.95 Å². The van der Waals surface area contributed by atoms with E-state index in [1.165, 1.54) is 12.1 Å². The number of hydrogen-bond donors (Lipinski definition) is 2. The highest BCUT2D eigenvalue weighted by Crippen LogP contribution is 2.22. The van der Waals surface area contributed by atoms with Gasteiger partial charge in [-0.25, -0.2) is 9.37 Å². The van der Waals surface area contributed by atoms with Gasteiger partial charge in [-0.05, 0) is 18.2 Å². The van der Waals surface area contributed by atoms with Gasteiger partial charge in [0.1, 0.15) is 11.6 Å². The Morgan fingerprint density at radius 1 is 1.47 bits per heavy atom. The Balaban J connectivity index is 2.25. The van der Waals surface area contributed by atoms with Gasteiger partial charge in [0, 0.05) is 24.7 Å². The lowest BCUT2D eigenvalue weighted by Crippen LogP contribution is -1.96. The third-order valence-electron chi connectivity index (χ3n) is 2.49. The van der Waals surface area contributed by atoms with Crippen LogP contribution in [0.4, 0.5) is 10.3 Å². The van der Waals surface area contributed by atoms with Crippen LogP contribution in [0.25, 0.3) is 0 Å². The van der Waals surface area contributed by atoms with Crippen molar-refractivity contribution in [3.8, 4) is 5.75 Å². The first-order chi connectivity index (χ1) is 8.22. The SMILES string of the molecule is CNc1ncc(Cc2cc(F)ccc2OC)[nH]1. The van der Waals surface area contributed by atoms with Crippen molar-refractivity contribution in [3.63, 3.8) is 0 Å². The fourth-order valence-electron chi connectivity index (χ4n) is 1.67. The molecule has 0 unspecified atom stereocenters. The molecule has 0 bridgehead atoms. The number of rotatable bonds is 4. The van der Waals surface area contributed by atoms with Gasteiger partial charge >= 0.3 is 0 Å². The maximum absolute atomic E-state index is 13.2. The van der Waals surface area contributed by atoms with Gasteiger partial charge in [0.2, 0.25) is 0 Å². The van der Waals surface area contributed by atoms with Gasteiger partial charge in [-0.3, -0.25) is 0 Å². The molecule has 2 rings (SSSR count). The van der Waals surface area contributed by atoms with E-state index in [1.54, 1.807) is 26.4 Å². The van der Waals surface area contributed by atoms with Crippen LogP contribution in [0.3, 0.4) is 0 Å². The van der Waals surface area contributed by atoms with Crippen LogP contribution in [-0.2, 0) is 6.42 Å². The van der Waals surface area contributed by atoms with Crippen LogP contribution >= 0.6 is 0 Å². The zero-order valence-electron chi connectivity index (χ0n) is 9.75. The average Bonchev–Trinajstić information content (AvgIpc) is 2.77. The fraction of sp³-hybridized carbons (Fsp3) is 0.250. The average molecular weight is 235 g/mol. The summed E-state index contributed by atoms with van der Waals surface area (Å²) in [5.41, 5.74) is 1.69. The van der Waals surface area contributed by atoms with E-state index in [4.69, 9.17) is 4.74 Å². The van der Waals surface area contributed by atoms with E-state index in [0.29, 0.717) is 18.1 Å². The molecule has 1 aromatic heterocycles. The number of hydrogen-bond acceptors (Lipinski definition) is 3. The van der Waals surface area contributed by atoms with Crippen LogP contribution < -0.4 is 10.1 Å². The summed E-state index contributed by atoms with van der Waals surface area (Å²) in [4.78, 5) is 7.19. The molecule has 90 valence electrons. The topological polar surface area (TPSA) is 49.9 Å². The fourth-order valence-corrected chi connectivity index (χ4v) is 1.67. The van der Waals surface area contributed by atoms with Crippen molar-refractivity contribution in [2.75, 3.05) is 19.5 Å². The molecule has 0 saturated carbocycles. The molecular formula is C12H14FN3O. The number of H-pyrrole nitrogens is 1. The lowest BCUT2D eigenvalue weighted by atomic mass is 10.1. The lowest BCUT2D eigenvalue weighted by Gasteiger charge is -2.07. The highest BCUT2D eigenvalue weighted by Gasteiger charge is 2.07. The number of aromatic nitrogens is 2. The summed E-state index contributed by atoms with van der Waals surface area (Å²) in [5, 5.41) is 2.90. The first kappa shape index (κ1) is 11.4. The Kier molecular flexibility index (Phi) is 3.27. The molecule has 0 aliphatic heterocycles. The van der Waals surface area contributed by atoms with Gasteiger partial charge in [0.05, 0.1) is 13.3 Å². The van der Waals surface area contributed by atoms with Crippen LogP contribution in [0.5, 0.6) is 5.75 Å². The molecule has 0 saturated heterocycles. The van der Waals surface area contributed by atoms with Crippen LogP contribution in [-0.4, -0.2) is 24.1 Å². The number of imidazole rings is 1. The minimum Gasteiger partial charge on any atom is -0.496 e. The Morgan fingerprint density at radius 3 is 2.94 bits per heavy atom. The number of halogens is 1. The number of nitrogens with one attached hydrogen (secondary N) is 2. The Hall–Kier alpha value is -2.04. The van der Waals surface area contributed by atoms with E-state index in [1.807, 2.05) is 0 Å². The number of benzene rings is 1. The standard InChI is InChI=1S/C12H14FN3O/c1-14-12-15-7-10(16-12)6-8-5-9(13)3-4-11(8)17-2/h3-5,7H,6H2,1-2H3,(H2,14,15,16). The van der Waals surface area contributed by atoms with Gasteiger partial charge in [-0.2, -0.15) is 0 Å². The summed E-state index contributed by atoms with van der Waals surface area (Å²) in [6.07, 6.45) is 2.27. The smallest absolute Gasteiger partial charge is 0.200 e. The summed E-state index contributed by atoms with van der Waals surface area (Å²) in [7, 11) is 3.36. The molecule has 1 heterocycles. The predicted molar refractivity (Wildman–Crippen MR) is 63.9 cm³/mol. The Labute approximate surface area is 98.8 Å². The predicted octanol–water partition coefficient (Wildman–Crippen LogP) is 2.19. The number of aromatic amines is 1. The Morgan fingerprint density at radius 2 is 2.29 bits per heavy atom. The molecule has 1 aromatic carbocycles. The van der Waals surface area contributed by atoms with Crippen LogP contribution in [0.15, 0.2) is 24.4 Å². The van der Waals surface area contributed by atoms with E-state index in [9.17, 15) is 4.39 Å².